The summed E-state index contributed by atoms with van der Waals surface area (Å²) < 4.78 is 0. The van der Waals surface area contributed by atoms with E-state index in [1.165, 1.54) is 12.8 Å². The molecule has 24 heavy (non-hydrogen) atoms. The van der Waals surface area contributed by atoms with Crippen molar-refractivity contribution < 1.29 is 15.0 Å². The molecule has 0 aromatic carbocycles. The highest BCUT2D eigenvalue weighted by Gasteiger charge is 2.65. The Balaban J connectivity index is 1.65. The second kappa shape index (κ2) is 5.30. The van der Waals surface area contributed by atoms with E-state index in [4.69, 9.17) is 0 Å². The van der Waals surface area contributed by atoms with Crippen LogP contribution in [0.4, 0.5) is 0 Å². The van der Waals surface area contributed by atoms with Crippen LogP contribution in [0.3, 0.4) is 0 Å². The molecular weight excluding hydrogens is 300 g/mol. The average Bonchev–Trinajstić information content (AvgIpc) is 2.81. The van der Waals surface area contributed by atoms with Crippen molar-refractivity contribution in [1.29, 1.82) is 0 Å². The van der Waals surface area contributed by atoms with E-state index < -0.39 is 5.60 Å². The van der Waals surface area contributed by atoms with Gasteiger partial charge in [-0.25, -0.2) is 0 Å². The van der Waals surface area contributed by atoms with Crippen LogP contribution in [-0.2, 0) is 4.79 Å². The molecule has 0 aromatic heterocycles. The van der Waals surface area contributed by atoms with Gasteiger partial charge in [0.2, 0.25) is 0 Å². The molecule has 0 aromatic rings. The van der Waals surface area contributed by atoms with E-state index in [0.717, 1.165) is 44.4 Å². The first-order valence-electron chi connectivity index (χ1n) is 10.1. The van der Waals surface area contributed by atoms with E-state index in [9.17, 15) is 15.0 Å². The topological polar surface area (TPSA) is 57.5 Å². The molecule has 136 valence electrons. The highest BCUT2D eigenvalue weighted by Crippen LogP contribution is 2.68. The van der Waals surface area contributed by atoms with Crippen LogP contribution in [0.5, 0.6) is 0 Å². The molecule has 4 aliphatic carbocycles. The third kappa shape index (κ3) is 2.00. The standard InChI is InChI=1S/C21H34O3/c1-13(22)21(24)11-8-18-16-5-4-14-12-15(23)6-9-19(14,2)17(16)7-10-20(18,21)3/h14-18,23-24H,4-12H2,1-3H3/t14-,15-,16+,17-,18-,19-,20-,21+/m0/s1. The Bertz CT molecular complexity index is 545. The van der Waals surface area contributed by atoms with Crippen molar-refractivity contribution in [1.82, 2.24) is 0 Å². The van der Waals surface area contributed by atoms with Gasteiger partial charge in [0, 0.05) is 5.41 Å². The minimum Gasteiger partial charge on any atom is -0.393 e. The number of fused-ring (bicyclic) bond motifs is 5. The lowest BCUT2D eigenvalue weighted by molar-refractivity contribution is -0.170. The van der Waals surface area contributed by atoms with Gasteiger partial charge < -0.3 is 10.2 Å². The fourth-order valence-corrected chi connectivity index (χ4v) is 7.83. The highest BCUT2D eigenvalue weighted by molar-refractivity contribution is 5.86. The summed E-state index contributed by atoms with van der Waals surface area (Å²) in [7, 11) is 0. The van der Waals surface area contributed by atoms with Gasteiger partial charge in [0.15, 0.2) is 5.78 Å². The van der Waals surface area contributed by atoms with Gasteiger partial charge in [-0.3, -0.25) is 4.79 Å². The highest BCUT2D eigenvalue weighted by atomic mass is 16.3. The number of aliphatic hydroxyl groups is 2. The molecule has 4 aliphatic rings. The molecule has 0 aliphatic heterocycles. The average molecular weight is 335 g/mol. The zero-order chi connectivity index (χ0) is 17.3. The number of Topliss-reactive ketones (excluding diaryl/α,β-unsaturated/α-hetero) is 1. The molecule has 0 bridgehead atoms. The zero-order valence-electron chi connectivity index (χ0n) is 15.6. The molecule has 0 radical (unpaired) electrons. The van der Waals surface area contributed by atoms with Crippen LogP contribution < -0.4 is 0 Å². The quantitative estimate of drug-likeness (QED) is 0.768. The number of hydrogen-bond donors (Lipinski definition) is 2. The fraction of sp³-hybridized carbons (Fsp3) is 0.952. The summed E-state index contributed by atoms with van der Waals surface area (Å²) in [4.78, 5) is 12.2. The molecular formula is C21H34O3. The Morgan fingerprint density at radius 1 is 0.958 bits per heavy atom. The Morgan fingerprint density at radius 3 is 2.38 bits per heavy atom. The van der Waals surface area contributed by atoms with Crippen molar-refractivity contribution >= 4 is 5.78 Å². The first kappa shape index (κ1) is 17.0. The molecule has 3 heteroatoms. The van der Waals surface area contributed by atoms with Crippen LogP contribution in [0, 0.1) is 34.5 Å². The largest absolute Gasteiger partial charge is 0.393 e. The molecule has 0 amide bonds. The van der Waals surface area contributed by atoms with Crippen molar-refractivity contribution in [2.24, 2.45) is 34.5 Å². The minimum atomic E-state index is -1.09. The monoisotopic (exact) mass is 334 g/mol. The summed E-state index contributed by atoms with van der Waals surface area (Å²) in [6, 6.07) is 0. The molecule has 4 fully saturated rings. The minimum absolute atomic E-state index is 0.0216. The molecule has 3 nitrogen and oxygen atoms in total. The molecule has 0 heterocycles. The third-order valence-corrected chi connectivity index (χ3v) is 9.37. The Kier molecular flexibility index (Phi) is 3.76. The number of ketones is 1. The van der Waals surface area contributed by atoms with Gasteiger partial charge in [-0.2, -0.15) is 0 Å². The molecule has 8 atom stereocenters. The van der Waals surface area contributed by atoms with Gasteiger partial charge in [0.05, 0.1) is 6.10 Å². The summed E-state index contributed by atoms with van der Waals surface area (Å²) in [5.74, 6) is 2.52. The molecule has 4 rings (SSSR count). The van der Waals surface area contributed by atoms with E-state index in [2.05, 4.69) is 13.8 Å². The summed E-state index contributed by atoms with van der Waals surface area (Å²) in [5, 5.41) is 21.3. The van der Waals surface area contributed by atoms with Crippen LogP contribution in [0.2, 0.25) is 0 Å². The van der Waals surface area contributed by atoms with Crippen molar-refractivity contribution in [3.05, 3.63) is 0 Å². The van der Waals surface area contributed by atoms with Gasteiger partial charge in [-0.15, -0.1) is 0 Å². The number of hydrogen-bond acceptors (Lipinski definition) is 3. The second-order valence-corrected chi connectivity index (χ2v) is 10.00. The van der Waals surface area contributed by atoms with E-state index in [0.29, 0.717) is 29.6 Å². The fourth-order valence-electron chi connectivity index (χ4n) is 7.83. The van der Waals surface area contributed by atoms with Crippen LogP contribution in [-0.4, -0.2) is 27.7 Å². The summed E-state index contributed by atoms with van der Waals surface area (Å²) >= 11 is 0. The Morgan fingerprint density at radius 2 is 1.67 bits per heavy atom. The van der Waals surface area contributed by atoms with Crippen LogP contribution in [0.1, 0.15) is 78.6 Å². The molecule has 2 N–H and O–H groups in total. The summed E-state index contributed by atoms with van der Waals surface area (Å²) in [5.41, 5.74) is -0.957. The first-order chi connectivity index (χ1) is 11.2. The zero-order valence-corrected chi connectivity index (χ0v) is 15.6. The van der Waals surface area contributed by atoms with Crippen LogP contribution in [0.15, 0.2) is 0 Å². The predicted octanol–water partition coefficient (Wildman–Crippen LogP) is 3.71. The normalized spacial score (nSPS) is 57.0. The Labute approximate surface area is 146 Å². The maximum Gasteiger partial charge on any atom is 0.161 e. The van der Waals surface area contributed by atoms with Gasteiger partial charge in [0.25, 0.3) is 0 Å². The van der Waals surface area contributed by atoms with E-state index in [1.54, 1.807) is 6.92 Å². The SMILES string of the molecule is CC(=O)[C@]1(O)CC[C@H]2[C@@H]3CC[C@H]4C[C@@H](O)CC[C@]4(C)[C@H]3CC[C@@]21C. The third-order valence-electron chi connectivity index (χ3n) is 9.37. The second-order valence-electron chi connectivity index (χ2n) is 10.00. The summed E-state index contributed by atoms with van der Waals surface area (Å²) in [6.45, 7) is 6.26. The van der Waals surface area contributed by atoms with E-state index in [-0.39, 0.29) is 17.3 Å². The van der Waals surface area contributed by atoms with Crippen molar-refractivity contribution in [3.8, 4) is 0 Å². The van der Waals surface area contributed by atoms with Crippen LogP contribution in [0.25, 0.3) is 0 Å². The lowest BCUT2D eigenvalue weighted by atomic mass is 9.44. The molecule has 0 saturated heterocycles. The van der Waals surface area contributed by atoms with E-state index in [1.807, 2.05) is 0 Å². The lowest BCUT2D eigenvalue weighted by Gasteiger charge is -2.61. The number of carbonyl (C=O) groups excluding carboxylic acids is 1. The van der Waals surface area contributed by atoms with Crippen molar-refractivity contribution in [2.45, 2.75) is 90.3 Å². The van der Waals surface area contributed by atoms with Crippen molar-refractivity contribution in [2.75, 3.05) is 0 Å². The predicted molar refractivity (Wildman–Crippen MR) is 93.4 cm³/mol. The van der Waals surface area contributed by atoms with Gasteiger partial charge >= 0.3 is 0 Å². The molecule has 0 spiro atoms. The number of rotatable bonds is 1. The van der Waals surface area contributed by atoms with Gasteiger partial charge in [-0.1, -0.05) is 13.8 Å². The maximum atomic E-state index is 12.2. The van der Waals surface area contributed by atoms with Gasteiger partial charge in [-0.05, 0) is 93.8 Å². The Hall–Kier alpha value is -0.410. The smallest absolute Gasteiger partial charge is 0.161 e. The summed E-state index contributed by atoms with van der Waals surface area (Å²) in [6.07, 6.45) is 9.25. The molecule has 0 unspecified atom stereocenters. The van der Waals surface area contributed by atoms with Crippen LogP contribution >= 0.6 is 0 Å². The number of aliphatic hydroxyl groups excluding tert-OH is 1. The van der Waals surface area contributed by atoms with Gasteiger partial charge in [0.1, 0.15) is 5.60 Å². The molecule has 4 saturated carbocycles. The van der Waals surface area contributed by atoms with E-state index >= 15 is 0 Å². The first-order valence-corrected chi connectivity index (χ1v) is 10.1. The lowest BCUT2D eigenvalue weighted by Crippen LogP contribution is -2.58. The number of carbonyl (C=O) groups is 1. The maximum absolute atomic E-state index is 12.2. The van der Waals surface area contributed by atoms with Crippen molar-refractivity contribution in [3.63, 3.8) is 0 Å².